The highest BCUT2D eigenvalue weighted by molar-refractivity contribution is 7.92. The molecule has 0 fully saturated rings. The number of benzene rings is 1. The molecule has 5 nitrogen and oxygen atoms in total. The lowest BCUT2D eigenvalue weighted by atomic mass is 10.0. The second-order valence-electron chi connectivity index (χ2n) is 4.74. The summed E-state index contributed by atoms with van der Waals surface area (Å²) < 4.78 is 30.2. The quantitative estimate of drug-likeness (QED) is 0.801. The standard InChI is InChI=1S/C12H20N2O3S/c1-8(2)5-9-6-10(13)12(17-3)11(7-9)14-18(4,15)16/h6-8,14H,5,13H2,1-4H3. The summed E-state index contributed by atoms with van der Waals surface area (Å²) in [6.07, 6.45) is 1.92. The van der Waals surface area contributed by atoms with Crippen LogP contribution < -0.4 is 15.2 Å². The first-order valence-corrected chi connectivity index (χ1v) is 7.56. The lowest BCUT2D eigenvalue weighted by Crippen LogP contribution is -2.12. The molecule has 1 rings (SSSR count). The molecule has 0 bridgehead atoms. The average Bonchev–Trinajstić information content (AvgIpc) is 2.13. The predicted octanol–water partition coefficient (Wildman–Crippen LogP) is 1.85. The summed E-state index contributed by atoms with van der Waals surface area (Å²) in [7, 11) is -1.90. The van der Waals surface area contributed by atoms with Crippen LogP contribution in [0.1, 0.15) is 19.4 Å². The number of hydrogen-bond acceptors (Lipinski definition) is 4. The SMILES string of the molecule is COc1c(N)cc(CC(C)C)cc1NS(C)(=O)=O. The van der Waals surface area contributed by atoms with Gasteiger partial charge in [-0.1, -0.05) is 13.8 Å². The largest absolute Gasteiger partial charge is 0.492 e. The molecule has 0 unspecified atom stereocenters. The fourth-order valence-electron chi connectivity index (χ4n) is 1.81. The van der Waals surface area contributed by atoms with Gasteiger partial charge >= 0.3 is 0 Å². The van der Waals surface area contributed by atoms with E-state index in [1.165, 1.54) is 7.11 Å². The highest BCUT2D eigenvalue weighted by Gasteiger charge is 2.13. The number of sulfonamides is 1. The molecule has 0 spiro atoms. The molecule has 6 heteroatoms. The minimum absolute atomic E-state index is 0.355. The van der Waals surface area contributed by atoms with Gasteiger partial charge in [0.2, 0.25) is 10.0 Å². The molecule has 0 aliphatic heterocycles. The van der Waals surface area contributed by atoms with Crippen LogP contribution in [0.3, 0.4) is 0 Å². The third-order valence-electron chi connectivity index (χ3n) is 2.32. The highest BCUT2D eigenvalue weighted by Crippen LogP contribution is 2.33. The van der Waals surface area contributed by atoms with E-state index >= 15 is 0 Å². The Morgan fingerprint density at radius 3 is 2.44 bits per heavy atom. The summed E-state index contributed by atoms with van der Waals surface area (Å²) in [6.45, 7) is 4.17. The first kappa shape index (κ1) is 14.6. The van der Waals surface area contributed by atoms with Crippen molar-refractivity contribution in [2.24, 2.45) is 5.92 Å². The fourth-order valence-corrected chi connectivity index (χ4v) is 2.36. The van der Waals surface area contributed by atoms with E-state index in [4.69, 9.17) is 10.5 Å². The molecule has 102 valence electrons. The number of rotatable bonds is 5. The van der Waals surface area contributed by atoms with Crippen LogP contribution in [0.4, 0.5) is 11.4 Å². The van der Waals surface area contributed by atoms with Crippen molar-refractivity contribution >= 4 is 21.4 Å². The Hall–Kier alpha value is -1.43. The van der Waals surface area contributed by atoms with Gasteiger partial charge in [-0.25, -0.2) is 8.42 Å². The van der Waals surface area contributed by atoms with Gasteiger partial charge in [-0.3, -0.25) is 4.72 Å². The van der Waals surface area contributed by atoms with Crippen molar-refractivity contribution in [3.05, 3.63) is 17.7 Å². The second-order valence-corrected chi connectivity index (χ2v) is 6.49. The van der Waals surface area contributed by atoms with E-state index in [-0.39, 0.29) is 0 Å². The molecular formula is C12H20N2O3S. The average molecular weight is 272 g/mol. The molecule has 0 aliphatic carbocycles. The van der Waals surface area contributed by atoms with Crippen molar-refractivity contribution in [3.8, 4) is 5.75 Å². The fraction of sp³-hybridized carbons (Fsp3) is 0.500. The molecule has 0 radical (unpaired) electrons. The normalized spacial score (nSPS) is 11.6. The molecule has 1 aromatic rings. The van der Waals surface area contributed by atoms with Crippen molar-refractivity contribution in [2.45, 2.75) is 20.3 Å². The summed E-state index contributed by atoms with van der Waals surface area (Å²) in [5.74, 6) is 0.816. The Morgan fingerprint density at radius 2 is 2.00 bits per heavy atom. The molecular weight excluding hydrogens is 252 g/mol. The van der Waals surface area contributed by atoms with E-state index in [0.717, 1.165) is 18.2 Å². The zero-order valence-electron chi connectivity index (χ0n) is 11.1. The summed E-state index contributed by atoms with van der Waals surface area (Å²) in [5, 5.41) is 0. The smallest absolute Gasteiger partial charge is 0.229 e. The number of ether oxygens (including phenoxy) is 1. The maximum Gasteiger partial charge on any atom is 0.229 e. The number of hydrogen-bond donors (Lipinski definition) is 2. The molecule has 0 heterocycles. The van der Waals surface area contributed by atoms with Crippen LogP contribution in [0, 0.1) is 5.92 Å². The lowest BCUT2D eigenvalue weighted by molar-refractivity contribution is 0.419. The van der Waals surface area contributed by atoms with Crippen LogP contribution in [-0.2, 0) is 16.4 Å². The molecule has 0 saturated carbocycles. The second kappa shape index (κ2) is 5.48. The van der Waals surface area contributed by atoms with E-state index in [1.807, 2.05) is 6.07 Å². The van der Waals surface area contributed by atoms with Gasteiger partial charge in [-0.05, 0) is 30.0 Å². The third-order valence-corrected chi connectivity index (χ3v) is 2.91. The maximum atomic E-state index is 11.3. The predicted molar refractivity (Wildman–Crippen MR) is 74.4 cm³/mol. The summed E-state index contributed by atoms with van der Waals surface area (Å²) in [5.41, 5.74) is 7.67. The maximum absolute atomic E-state index is 11.3. The molecule has 18 heavy (non-hydrogen) atoms. The van der Waals surface area contributed by atoms with Gasteiger partial charge in [0.05, 0.1) is 24.7 Å². The minimum atomic E-state index is -3.36. The van der Waals surface area contributed by atoms with Crippen LogP contribution >= 0.6 is 0 Å². The molecule has 0 aliphatic rings. The number of nitrogens with two attached hydrogens (primary N) is 1. The summed E-state index contributed by atoms with van der Waals surface area (Å²) in [4.78, 5) is 0. The van der Waals surface area contributed by atoms with Crippen LogP contribution in [0.2, 0.25) is 0 Å². The first-order chi connectivity index (χ1) is 8.23. The molecule has 0 atom stereocenters. The monoisotopic (exact) mass is 272 g/mol. The van der Waals surface area contributed by atoms with E-state index in [1.54, 1.807) is 6.07 Å². The topological polar surface area (TPSA) is 81.4 Å². The van der Waals surface area contributed by atoms with Gasteiger partial charge in [-0.2, -0.15) is 0 Å². The van der Waals surface area contributed by atoms with Crippen molar-refractivity contribution < 1.29 is 13.2 Å². The van der Waals surface area contributed by atoms with Crippen molar-refractivity contribution in [2.75, 3.05) is 23.8 Å². The number of nitrogens with one attached hydrogen (secondary N) is 1. The Labute approximate surface area is 108 Å². The van der Waals surface area contributed by atoms with Crippen LogP contribution in [0.5, 0.6) is 5.75 Å². The van der Waals surface area contributed by atoms with Crippen LogP contribution in [-0.4, -0.2) is 21.8 Å². The third kappa shape index (κ3) is 4.10. The number of nitrogen functional groups attached to an aromatic ring is 1. The molecule has 3 N–H and O–H groups in total. The van der Waals surface area contributed by atoms with Crippen LogP contribution in [0.25, 0.3) is 0 Å². The van der Waals surface area contributed by atoms with Gasteiger partial charge in [0.1, 0.15) is 0 Å². The Morgan fingerprint density at radius 1 is 1.39 bits per heavy atom. The molecule has 0 aromatic heterocycles. The summed E-state index contributed by atoms with van der Waals surface area (Å²) in [6, 6.07) is 3.57. The number of anilines is 2. The van der Waals surface area contributed by atoms with E-state index in [0.29, 0.717) is 23.0 Å². The first-order valence-electron chi connectivity index (χ1n) is 5.67. The lowest BCUT2D eigenvalue weighted by Gasteiger charge is -2.15. The summed E-state index contributed by atoms with van der Waals surface area (Å²) >= 11 is 0. The van der Waals surface area contributed by atoms with Crippen LogP contribution in [0.15, 0.2) is 12.1 Å². The van der Waals surface area contributed by atoms with E-state index < -0.39 is 10.0 Å². The van der Waals surface area contributed by atoms with Gasteiger partial charge in [0.15, 0.2) is 5.75 Å². The Bertz CT molecular complexity index is 524. The molecule has 0 saturated heterocycles. The zero-order chi connectivity index (χ0) is 13.9. The highest BCUT2D eigenvalue weighted by atomic mass is 32.2. The van der Waals surface area contributed by atoms with Gasteiger partial charge < -0.3 is 10.5 Å². The molecule has 1 aromatic carbocycles. The van der Waals surface area contributed by atoms with Gasteiger partial charge in [-0.15, -0.1) is 0 Å². The molecule has 0 amide bonds. The Balaban J connectivity index is 3.23. The van der Waals surface area contributed by atoms with E-state index in [9.17, 15) is 8.42 Å². The van der Waals surface area contributed by atoms with Gasteiger partial charge in [0.25, 0.3) is 0 Å². The van der Waals surface area contributed by atoms with Gasteiger partial charge in [0, 0.05) is 0 Å². The zero-order valence-corrected chi connectivity index (χ0v) is 12.0. The van der Waals surface area contributed by atoms with E-state index in [2.05, 4.69) is 18.6 Å². The minimum Gasteiger partial charge on any atom is -0.492 e. The number of methoxy groups -OCH3 is 1. The van der Waals surface area contributed by atoms with Crippen molar-refractivity contribution in [1.29, 1.82) is 0 Å². The Kier molecular flexibility index (Phi) is 4.45. The van der Waals surface area contributed by atoms with Crippen molar-refractivity contribution in [3.63, 3.8) is 0 Å². The van der Waals surface area contributed by atoms with Crippen molar-refractivity contribution in [1.82, 2.24) is 0 Å².